The number of carbonyl (C=O) groups excluding carboxylic acids is 1. The van der Waals surface area contributed by atoms with Gasteiger partial charge in [0.1, 0.15) is 0 Å². The van der Waals surface area contributed by atoms with Crippen molar-refractivity contribution < 1.29 is 4.79 Å². The Morgan fingerprint density at radius 1 is 1.44 bits per heavy atom. The molecule has 0 N–H and O–H groups in total. The zero-order valence-electron chi connectivity index (χ0n) is 10.2. The number of amides is 1. The van der Waals surface area contributed by atoms with E-state index in [9.17, 15) is 4.79 Å². The van der Waals surface area contributed by atoms with Gasteiger partial charge in [-0.25, -0.2) is 0 Å². The number of nitrogens with zero attached hydrogens (tertiary/aromatic N) is 2. The molecule has 0 saturated carbocycles. The maximum atomic E-state index is 11.7. The van der Waals surface area contributed by atoms with Crippen LogP contribution in [-0.2, 0) is 11.3 Å². The maximum absolute atomic E-state index is 11.7. The minimum Gasteiger partial charge on any atom is -0.341 e. The molecule has 0 spiro atoms. The first-order valence-electron chi connectivity index (χ1n) is 5.78. The number of rotatable bonds is 4. The molecule has 0 aliphatic heterocycles. The van der Waals surface area contributed by atoms with Gasteiger partial charge in [-0.05, 0) is 22.4 Å². The van der Waals surface area contributed by atoms with Crippen molar-refractivity contribution in [2.75, 3.05) is 7.05 Å². The molecule has 0 bridgehead atoms. The largest absolute Gasteiger partial charge is 0.341 e. The SMILES string of the molecule is CN(Cc1csc2ccccc12)C(=O)CCC#N. The minimum atomic E-state index is 0.0202. The van der Waals surface area contributed by atoms with Gasteiger partial charge in [0.15, 0.2) is 0 Å². The van der Waals surface area contributed by atoms with Crippen LogP contribution in [0, 0.1) is 11.3 Å². The van der Waals surface area contributed by atoms with Crippen LogP contribution < -0.4 is 0 Å². The Bertz CT molecular complexity index is 597. The summed E-state index contributed by atoms with van der Waals surface area (Å²) in [6.07, 6.45) is 0.586. The summed E-state index contributed by atoms with van der Waals surface area (Å²) in [5.74, 6) is 0.0202. The molecule has 0 atom stereocenters. The molecule has 1 amide bonds. The van der Waals surface area contributed by atoms with E-state index in [1.54, 1.807) is 23.3 Å². The molecule has 2 rings (SSSR count). The van der Waals surface area contributed by atoms with Gasteiger partial charge in [-0.15, -0.1) is 11.3 Å². The number of benzene rings is 1. The maximum Gasteiger partial charge on any atom is 0.223 e. The second kappa shape index (κ2) is 5.65. The normalized spacial score (nSPS) is 10.2. The molecule has 0 fully saturated rings. The molecule has 0 aliphatic carbocycles. The van der Waals surface area contributed by atoms with Crippen LogP contribution in [0.5, 0.6) is 0 Å². The van der Waals surface area contributed by atoms with Gasteiger partial charge in [0.2, 0.25) is 5.91 Å². The van der Waals surface area contributed by atoms with Gasteiger partial charge in [-0.3, -0.25) is 4.79 Å². The summed E-state index contributed by atoms with van der Waals surface area (Å²) in [5, 5.41) is 11.8. The van der Waals surface area contributed by atoms with Gasteiger partial charge < -0.3 is 4.90 Å². The average Bonchev–Trinajstić information content (AvgIpc) is 2.79. The summed E-state index contributed by atoms with van der Waals surface area (Å²) in [5.41, 5.74) is 1.17. The van der Waals surface area contributed by atoms with Crippen LogP contribution in [0.25, 0.3) is 10.1 Å². The van der Waals surface area contributed by atoms with Crippen molar-refractivity contribution in [3.05, 3.63) is 35.2 Å². The van der Waals surface area contributed by atoms with Crippen molar-refractivity contribution in [3.63, 3.8) is 0 Å². The Morgan fingerprint density at radius 3 is 3.00 bits per heavy atom. The molecule has 0 aliphatic rings. The van der Waals surface area contributed by atoms with Gasteiger partial charge in [-0.1, -0.05) is 18.2 Å². The van der Waals surface area contributed by atoms with E-state index < -0.39 is 0 Å². The third-order valence-corrected chi connectivity index (χ3v) is 3.86. The van der Waals surface area contributed by atoms with E-state index in [1.807, 2.05) is 18.2 Å². The lowest BCUT2D eigenvalue weighted by atomic mass is 10.1. The highest BCUT2D eigenvalue weighted by Gasteiger charge is 2.11. The number of thiophene rings is 1. The average molecular weight is 258 g/mol. The highest BCUT2D eigenvalue weighted by molar-refractivity contribution is 7.17. The molecule has 92 valence electrons. The van der Waals surface area contributed by atoms with E-state index in [4.69, 9.17) is 5.26 Å². The molecule has 0 unspecified atom stereocenters. The molecule has 2 aromatic rings. The van der Waals surface area contributed by atoms with E-state index in [0.29, 0.717) is 13.0 Å². The van der Waals surface area contributed by atoms with Crippen molar-refractivity contribution in [2.24, 2.45) is 0 Å². The molecule has 18 heavy (non-hydrogen) atoms. The van der Waals surface area contributed by atoms with E-state index in [-0.39, 0.29) is 12.3 Å². The first kappa shape index (κ1) is 12.6. The van der Waals surface area contributed by atoms with Crippen LogP contribution >= 0.6 is 11.3 Å². The molecular formula is C14H14N2OS. The Balaban J connectivity index is 2.09. The molecule has 0 radical (unpaired) electrons. The highest BCUT2D eigenvalue weighted by atomic mass is 32.1. The summed E-state index contributed by atoms with van der Waals surface area (Å²) >= 11 is 1.70. The van der Waals surface area contributed by atoms with Crippen molar-refractivity contribution in [1.82, 2.24) is 4.90 Å². The Hall–Kier alpha value is -1.86. The number of carbonyl (C=O) groups is 1. The van der Waals surface area contributed by atoms with Gasteiger partial charge in [0.05, 0.1) is 6.07 Å². The summed E-state index contributed by atoms with van der Waals surface area (Å²) in [4.78, 5) is 13.4. The molecule has 4 heteroatoms. The monoisotopic (exact) mass is 258 g/mol. The second-order valence-electron chi connectivity index (χ2n) is 4.17. The van der Waals surface area contributed by atoms with E-state index in [0.717, 1.165) is 0 Å². The molecule has 0 saturated heterocycles. The van der Waals surface area contributed by atoms with Crippen molar-refractivity contribution in [1.29, 1.82) is 5.26 Å². The van der Waals surface area contributed by atoms with E-state index in [1.165, 1.54) is 15.6 Å². The topological polar surface area (TPSA) is 44.1 Å². The third kappa shape index (κ3) is 2.69. The lowest BCUT2D eigenvalue weighted by molar-refractivity contribution is -0.130. The summed E-state index contributed by atoms with van der Waals surface area (Å²) in [6, 6.07) is 10.2. The summed E-state index contributed by atoms with van der Waals surface area (Å²) in [6.45, 7) is 0.605. The Kier molecular flexibility index (Phi) is 3.96. The first-order chi connectivity index (χ1) is 8.72. The fourth-order valence-corrected chi connectivity index (χ4v) is 2.81. The van der Waals surface area contributed by atoms with Crippen LogP contribution in [0.15, 0.2) is 29.6 Å². The van der Waals surface area contributed by atoms with Crippen LogP contribution in [0.2, 0.25) is 0 Å². The van der Waals surface area contributed by atoms with Crippen LogP contribution in [0.1, 0.15) is 18.4 Å². The number of nitriles is 1. The van der Waals surface area contributed by atoms with Gasteiger partial charge >= 0.3 is 0 Å². The molecule has 3 nitrogen and oxygen atoms in total. The van der Waals surface area contributed by atoms with Crippen molar-refractivity contribution in [2.45, 2.75) is 19.4 Å². The summed E-state index contributed by atoms with van der Waals surface area (Å²) < 4.78 is 1.24. The van der Waals surface area contributed by atoms with E-state index >= 15 is 0 Å². The zero-order valence-corrected chi connectivity index (χ0v) is 11.0. The molecule has 1 aromatic carbocycles. The number of hydrogen-bond acceptors (Lipinski definition) is 3. The van der Waals surface area contributed by atoms with Gasteiger partial charge in [0, 0.05) is 31.1 Å². The minimum absolute atomic E-state index is 0.0202. The lowest BCUT2D eigenvalue weighted by Crippen LogP contribution is -2.25. The predicted molar refractivity (Wildman–Crippen MR) is 73.1 cm³/mol. The van der Waals surface area contributed by atoms with Gasteiger partial charge in [0.25, 0.3) is 0 Å². The number of fused-ring (bicyclic) bond motifs is 1. The molecular weight excluding hydrogens is 244 g/mol. The Morgan fingerprint density at radius 2 is 2.22 bits per heavy atom. The molecule has 1 aromatic heterocycles. The third-order valence-electron chi connectivity index (χ3n) is 2.85. The standard InChI is InChI=1S/C14H14N2OS/c1-16(14(17)7-4-8-15)9-11-10-18-13-6-3-2-5-12(11)13/h2-3,5-6,10H,4,7,9H2,1H3. The van der Waals surface area contributed by atoms with Crippen molar-refractivity contribution in [3.8, 4) is 6.07 Å². The number of hydrogen-bond donors (Lipinski definition) is 0. The van der Waals surface area contributed by atoms with Crippen LogP contribution in [-0.4, -0.2) is 17.9 Å². The fourth-order valence-electron chi connectivity index (χ4n) is 1.85. The highest BCUT2D eigenvalue weighted by Crippen LogP contribution is 2.26. The first-order valence-corrected chi connectivity index (χ1v) is 6.66. The lowest BCUT2D eigenvalue weighted by Gasteiger charge is -2.16. The predicted octanol–water partition coefficient (Wildman–Crippen LogP) is 3.16. The van der Waals surface area contributed by atoms with Crippen molar-refractivity contribution >= 4 is 27.3 Å². The second-order valence-corrected chi connectivity index (χ2v) is 5.08. The quantitative estimate of drug-likeness (QED) is 0.845. The zero-order chi connectivity index (χ0) is 13.0. The fraction of sp³-hybridized carbons (Fsp3) is 0.286. The Labute approximate surface area is 110 Å². The van der Waals surface area contributed by atoms with E-state index in [2.05, 4.69) is 17.5 Å². The smallest absolute Gasteiger partial charge is 0.223 e. The van der Waals surface area contributed by atoms with Crippen LogP contribution in [0.4, 0.5) is 0 Å². The van der Waals surface area contributed by atoms with Crippen LogP contribution in [0.3, 0.4) is 0 Å². The summed E-state index contributed by atoms with van der Waals surface area (Å²) in [7, 11) is 1.78. The van der Waals surface area contributed by atoms with Gasteiger partial charge in [-0.2, -0.15) is 5.26 Å². The molecule has 1 heterocycles.